The van der Waals surface area contributed by atoms with E-state index in [0.29, 0.717) is 35.0 Å². The van der Waals surface area contributed by atoms with Gasteiger partial charge in [0.1, 0.15) is 5.75 Å². The van der Waals surface area contributed by atoms with Crippen LogP contribution in [0.15, 0.2) is 48.5 Å². The number of pyridine rings is 1. The number of anilines is 1. The topological polar surface area (TPSA) is 85.4 Å². The quantitative estimate of drug-likeness (QED) is 0.569. The number of benzene rings is 2. The lowest BCUT2D eigenvalue weighted by Gasteiger charge is -2.13. The molecule has 3 rings (SSSR count). The summed E-state index contributed by atoms with van der Waals surface area (Å²) in [6.45, 7) is 0. The molecule has 0 bridgehead atoms. The Morgan fingerprint density at radius 1 is 1.12 bits per heavy atom. The van der Waals surface area contributed by atoms with E-state index < -0.39 is 5.97 Å². The molecular weight excluding hydrogens is 304 g/mol. The summed E-state index contributed by atoms with van der Waals surface area (Å²) < 4.78 is 4.82. The third-order valence-electron chi connectivity index (χ3n) is 4.00. The van der Waals surface area contributed by atoms with Crippen molar-refractivity contribution in [2.24, 2.45) is 0 Å². The summed E-state index contributed by atoms with van der Waals surface area (Å²) in [4.78, 5) is 16.5. The Balaban J connectivity index is 2.10. The molecule has 0 atom stereocenters. The number of nitrogens with zero attached hydrogens (tertiary/aromatic N) is 1. The van der Waals surface area contributed by atoms with Gasteiger partial charge in [-0.1, -0.05) is 36.4 Å². The Morgan fingerprint density at radius 3 is 2.58 bits per heavy atom. The van der Waals surface area contributed by atoms with Crippen molar-refractivity contribution in [1.29, 1.82) is 0 Å². The molecule has 0 spiro atoms. The van der Waals surface area contributed by atoms with Gasteiger partial charge < -0.3 is 15.6 Å². The van der Waals surface area contributed by atoms with E-state index in [9.17, 15) is 9.90 Å². The predicted octanol–water partition coefficient (Wildman–Crippen LogP) is 3.09. The van der Waals surface area contributed by atoms with E-state index in [-0.39, 0.29) is 11.4 Å². The van der Waals surface area contributed by atoms with Gasteiger partial charge in [-0.15, -0.1) is 0 Å². The van der Waals surface area contributed by atoms with E-state index in [1.807, 2.05) is 30.3 Å². The zero-order valence-electron chi connectivity index (χ0n) is 13.3. The van der Waals surface area contributed by atoms with Crippen LogP contribution in [-0.2, 0) is 17.6 Å². The van der Waals surface area contributed by atoms with Crippen LogP contribution >= 0.6 is 0 Å². The number of aryl methyl sites for hydroxylation is 1. The van der Waals surface area contributed by atoms with E-state index in [4.69, 9.17) is 10.5 Å². The van der Waals surface area contributed by atoms with Gasteiger partial charge in [0.25, 0.3) is 0 Å². The van der Waals surface area contributed by atoms with Crippen LogP contribution in [0, 0.1) is 0 Å². The number of methoxy groups -OCH3 is 1. The third-order valence-corrected chi connectivity index (χ3v) is 4.00. The SMILES string of the molecule is COC(=O)c1nc2c(N)cccc2c(O)c1CCc1ccccc1. The van der Waals surface area contributed by atoms with Gasteiger partial charge in [-0.25, -0.2) is 9.78 Å². The number of carbonyl (C=O) groups is 1. The number of hydrogen-bond acceptors (Lipinski definition) is 5. The molecule has 0 fully saturated rings. The fourth-order valence-electron chi connectivity index (χ4n) is 2.75. The fourth-order valence-corrected chi connectivity index (χ4v) is 2.75. The van der Waals surface area contributed by atoms with Crippen LogP contribution in [0.3, 0.4) is 0 Å². The highest BCUT2D eigenvalue weighted by Gasteiger charge is 2.21. The molecule has 0 aliphatic heterocycles. The number of hydrogen-bond donors (Lipinski definition) is 2. The van der Waals surface area contributed by atoms with Crippen LogP contribution in [0.5, 0.6) is 5.75 Å². The molecule has 0 aliphatic rings. The first-order valence-electron chi connectivity index (χ1n) is 7.64. The Kier molecular flexibility index (Phi) is 4.33. The van der Waals surface area contributed by atoms with E-state index in [1.165, 1.54) is 7.11 Å². The molecule has 2 aromatic carbocycles. The van der Waals surface area contributed by atoms with Crippen molar-refractivity contribution >= 4 is 22.6 Å². The van der Waals surface area contributed by atoms with Gasteiger partial charge >= 0.3 is 5.97 Å². The first kappa shape index (κ1) is 15.8. The number of nitrogens with two attached hydrogens (primary N) is 1. The number of esters is 1. The summed E-state index contributed by atoms with van der Waals surface area (Å²) in [5.74, 6) is -0.554. The number of para-hydroxylation sites is 1. The minimum Gasteiger partial charge on any atom is -0.507 e. The minimum atomic E-state index is -0.585. The normalized spacial score (nSPS) is 10.7. The Hall–Kier alpha value is -3.08. The van der Waals surface area contributed by atoms with Crippen LogP contribution in [0.25, 0.3) is 10.9 Å². The highest BCUT2D eigenvalue weighted by atomic mass is 16.5. The molecule has 0 aliphatic carbocycles. The maximum absolute atomic E-state index is 12.1. The van der Waals surface area contributed by atoms with Crippen molar-refractivity contribution in [2.45, 2.75) is 12.8 Å². The number of rotatable bonds is 4. The van der Waals surface area contributed by atoms with Gasteiger partial charge in [0, 0.05) is 10.9 Å². The molecule has 0 saturated carbocycles. The number of fused-ring (bicyclic) bond motifs is 1. The first-order chi connectivity index (χ1) is 11.6. The lowest BCUT2D eigenvalue weighted by Crippen LogP contribution is -2.11. The summed E-state index contributed by atoms with van der Waals surface area (Å²) >= 11 is 0. The predicted molar refractivity (Wildman–Crippen MR) is 93.0 cm³/mol. The summed E-state index contributed by atoms with van der Waals surface area (Å²) in [6, 6.07) is 15.0. The van der Waals surface area contributed by atoms with Gasteiger partial charge in [0.15, 0.2) is 5.69 Å². The average molecular weight is 322 g/mol. The second-order valence-corrected chi connectivity index (χ2v) is 5.51. The van der Waals surface area contributed by atoms with Crippen LogP contribution in [0.2, 0.25) is 0 Å². The van der Waals surface area contributed by atoms with Crippen LogP contribution < -0.4 is 5.73 Å². The molecule has 5 nitrogen and oxygen atoms in total. The second-order valence-electron chi connectivity index (χ2n) is 5.51. The van der Waals surface area contributed by atoms with Crippen molar-refractivity contribution < 1.29 is 14.6 Å². The fraction of sp³-hybridized carbons (Fsp3) is 0.158. The van der Waals surface area contributed by atoms with Crippen molar-refractivity contribution in [3.8, 4) is 5.75 Å². The molecule has 3 aromatic rings. The molecule has 0 saturated heterocycles. The highest BCUT2D eigenvalue weighted by molar-refractivity contribution is 6.00. The van der Waals surface area contributed by atoms with Gasteiger partial charge in [-0.2, -0.15) is 0 Å². The summed E-state index contributed by atoms with van der Waals surface area (Å²) in [5.41, 5.74) is 8.43. The molecule has 1 heterocycles. The first-order valence-corrected chi connectivity index (χ1v) is 7.64. The van der Waals surface area contributed by atoms with Crippen molar-refractivity contribution in [3.63, 3.8) is 0 Å². The number of aromatic nitrogens is 1. The number of ether oxygens (including phenoxy) is 1. The second kappa shape index (κ2) is 6.58. The van der Waals surface area contributed by atoms with E-state index >= 15 is 0 Å². The van der Waals surface area contributed by atoms with Gasteiger partial charge in [-0.3, -0.25) is 0 Å². The summed E-state index contributed by atoms with van der Waals surface area (Å²) in [6.07, 6.45) is 1.14. The monoisotopic (exact) mass is 322 g/mol. The smallest absolute Gasteiger partial charge is 0.357 e. The molecule has 1 aromatic heterocycles. The Morgan fingerprint density at radius 2 is 1.88 bits per heavy atom. The van der Waals surface area contributed by atoms with Gasteiger partial charge in [0.05, 0.1) is 18.3 Å². The molecule has 24 heavy (non-hydrogen) atoms. The average Bonchev–Trinajstić information content (AvgIpc) is 2.61. The van der Waals surface area contributed by atoms with Crippen molar-refractivity contribution in [3.05, 3.63) is 65.4 Å². The highest BCUT2D eigenvalue weighted by Crippen LogP contribution is 2.33. The number of carbonyl (C=O) groups excluding carboxylic acids is 1. The van der Waals surface area contributed by atoms with Crippen molar-refractivity contribution in [2.75, 3.05) is 12.8 Å². The van der Waals surface area contributed by atoms with Gasteiger partial charge in [-0.05, 0) is 30.5 Å². The molecule has 3 N–H and O–H groups in total. The number of nitrogen functional groups attached to an aromatic ring is 1. The zero-order valence-corrected chi connectivity index (χ0v) is 13.3. The van der Waals surface area contributed by atoms with E-state index in [2.05, 4.69) is 4.98 Å². The molecule has 0 amide bonds. The minimum absolute atomic E-state index is 0.0311. The maximum Gasteiger partial charge on any atom is 0.357 e. The van der Waals surface area contributed by atoms with Crippen LogP contribution in [-0.4, -0.2) is 23.2 Å². The van der Waals surface area contributed by atoms with E-state index in [1.54, 1.807) is 18.2 Å². The molecule has 122 valence electrons. The van der Waals surface area contributed by atoms with Crippen LogP contribution in [0.4, 0.5) is 5.69 Å². The summed E-state index contributed by atoms with van der Waals surface area (Å²) in [5, 5.41) is 11.2. The molecule has 5 heteroatoms. The van der Waals surface area contributed by atoms with Crippen molar-refractivity contribution in [1.82, 2.24) is 4.98 Å². The Bertz CT molecular complexity index is 892. The Labute approximate surface area is 139 Å². The van der Waals surface area contributed by atoms with Crippen LogP contribution in [0.1, 0.15) is 21.6 Å². The number of aromatic hydroxyl groups is 1. The van der Waals surface area contributed by atoms with E-state index in [0.717, 1.165) is 5.56 Å². The molecular formula is C19H18N2O3. The summed E-state index contributed by atoms with van der Waals surface area (Å²) in [7, 11) is 1.29. The lowest BCUT2D eigenvalue weighted by atomic mass is 9.99. The third kappa shape index (κ3) is 2.88. The largest absolute Gasteiger partial charge is 0.507 e. The standard InChI is InChI=1S/C19H18N2O3/c1-24-19(23)17-14(11-10-12-6-3-2-4-7-12)18(22)13-8-5-9-15(20)16(13)21-17/h2-9H,10-11,20H2,1H3,(H,21,22). The zero-order chi connectivity index (χ0) is 17.1. The maximum atomic E-state index is 12.1. The van der Waals surface area contributed by atoms with Gasteiger partial charge in [0.2, 0.25) is 0 Å². The molecule has 0 unspecified atom stereocenters. The lowest BCUT2D eigenvalue weighted by molar-refractivity contribution is 0.0592. The molecule has 0 radical (unpaired) electrons.